The van der Waals surface area contributed by atoms with Gasteiger partial charge >= 0.3 is 6.18 Å². The van der Waals surface area contributed by atoms with E-state index in [0.29, 0.717) is 0 Å². The van der Waals surface area contributed by atoms with E-state index in [2.05, 4.69) is 10.1 Å². The summed E-state index contributed by atoms with van der Waals surface area (Å²) in [5, 5.41) is 11.6. The van der Waals surface area contributed by atoms with Gasteiger partial charge in [0.05, 0.1) is 5.56 Å². The van der Waals surface area contributed by atoms with Gasteiger partial charge in [-0.25, -0.2) is 4.98 Å². The first-order chi connectivity index (χ1) is 9.59. The van der Waals surface area contributed by atoms with Crippen molar-refractivity contribution in [1.29, 1.82) is 0 Å². The van der Waals surface area contributed by atoms with Crippen LogP contribution in [-0.4, -0.2) is 29.1 Å². The quantitative estimate of drug-likeness (QED) is 0.388. The van der Waals surface area contributed by atoms with Gasteiger partial charge in [-0.2, -0.15) is 13.2 Å². The van der Waals surface area contributed by atoms with Crippen LogP contribution in [-0.2, 0) is 6.18 Å². The number of nitrogens with two attached hydrogens (primary N) is 1. The first kappa shape index (κ1) is 17.1. The maximum Gasteiger partial charge on any atom is 0.433 e. The molecule has 0 fully saturated rings. The van der Waals surface area contributed by atoms with E-state index in [9.17, 15) is 13.2 Å². The normalized spacial score (nSPS) is 14.4. The molecule has 1 aromatic heterocycles. The highest BCUT2D eigenvalue weighted by Gasteiger charge is 2.34. The molecule has 0 aliphatic rings. The van der Waals surface area contributed by atoms with Crippen molar-refractivity contribution in [2.24, 2.45) is 16.8 Å². The number of amidine groups is 1. The van der Waals surface area contributed by atoms with Gasteiger partial charge in [-0.3, -0.25) is 0 Å². The van der Waals surface area contributed by atoms with Gasteiger partial charge in [0.15, 0.2) is 5.84 Å². The topological polar surface area (TPSA) is 74.7 Å². The van der Waals surface area contributed by atoms with Gasteiger partial charge in [-0.15, -0.1) is 0 Å². The zero-order valence-electron chi connectivity index (χ0n) is 12.3. The second kappa shape index (κ2) is 6.19. The highest BCUT2D eigenvalue weighted by molar-refractivity contribution is 6.01. The number of pyridine rings is 1. The molecule has 8 heteroatoms. The van der Waals surface area contributed by atoms with E-state index >= 15 is 0 Å². The number of rotatable bonds is 4. The maximum atomic E-state index is 12.8. The molecule has 1 aromatic rings. The zero-order valence-corrected chi connectivity index (χ0v) is 12.3. The maximum absolute atomic E-state index is 12.8. The Morgan fingerprint density at radius 3 is 2.33 bits per heavy atom. The lowest BCUT2D eigenvalue weighted by atomic mass is 10.0. The van der Waals surface area contributed by atoms with Gasteiger partial charge in [0.2, 0.25) is 0 Å². The molecular formula is C13H19F3N4O. The standard InChI is InChI=1S/C13H19F3N4O/c1-7(2)8(3)20(4)12-9(11(17)19-21)5-6-10(18-12)13(14,15)16/h5-8,21H,1-4H3,(H2,17,19). The van der Waals surface area contributed by atoms with Crippen LogP contribution in [0.15, 0.2) is 17.3 Å². The molecule has 0 saturated heterocycles. The first-order valence-electron chi connectivity index (χ1n) is 6.38. The predicted octanol–water partition coefficient (Wildman–Crippen LogP) is 2.68. The average Bonchev–Trinajstić information content (AvgIpc) is 2.43. The van der Waals surface area contributed by atoms with Crippen LogP contribution in [0.4, 0.5) is 19.0 Å². The van der Waals surface area contributed by atoms with Crippen molar-refractivity contribution in [2.45, 2.75) is 33.0 Å². The number of oxime groups is 1. The summed E-state index contributed by atoms with van der Waals surface area (Å²) in [6.07, 6.45) is -4.56. The van der Waals surface area contributed by atoms with Gasteiger partial charge < -0.3 is 15.8 Å². The van der Waals surface area contributed by atoms with E-state index < -0.39 is 11.9 Å². The Labute approximate surface area is 121 Å². The van der Waals surface area contributed by atoms with E-state index in [4.69, 9.17) is 10.9 Å². The van der Waals surface area contributed by atoms with Gasteiger partial charge in [-0.1, -0.05) is 19.0 Å². The molecule has 0 aliphatic heterocycles. The molecule has 1 rings (SSSR count). The smallest absolute Gasteiger partial charge is 0.409 e. The van der Waals surface area contributed by atoms with Gasteiger partial charge in [0.25, 0.3) is 0 Å². The third-order valence-electron chi connectivity index (χ3n) is 3.46. The van der Waals surface area contributed by atoms with E-state index in [0.717, 1.165) is 12.1 Å². The highest BCUT2D eigenvalue weighted by atomic mass is 19.4. The van der Waals surface area contributed by atoms with Crippen LogP contribution in [0.1, 0.15) is 32.0 Å². The number of nitrogens with zero attached hydrogens (tertiary/aromatic N) is 3. The lowest BCUT2D eigenvalue weighted by Crippen LogP contribution is -2.36. The van der Waals surface area contributed by atoms with E-state index in [1.807, 2.05) is 20.8 Å². The Kier molecular flexibility index (Phi) is 5.03. The fourth-order valence-electron chi connectivity index (χ4n) is 1.77. The lowest BCUT2D eigenvalue weighted by molar-refractivity contribution is -0.141. The van der Waals surface area contributed by atoms with Crippen LogP contribution < -0.4 is 10.6 Å². The minimum Gasteiger partial charge on any atom is -0.409 e. The molecule has 118 valence electrons. The largest absolute Gasteiger partial charge is 0.433 e. The van der Waals surface area contributed by atoms with Crippen LogP contribution in [0.5, 0.6) is 0 Å². The minimum absolute atomic E-state index is 0.0290. The second-order valence-corrected chi connectivity index (χ2v) is 5.15. The Balaban J connectivity index is 3.43. The number of hydrogen-bond donors (Lipinski definition) is 2. The molecule has 0 radical (unpaired) electrons. The van der Waals surface area contributed by atoms with Crippen molar-refractivity contribution in [3.05, 3.63) is 23.4 Å². The van der Waals surface area contributed by atoms with Gasteiger partial charge in [0, 0.05) is 13.1 Å². The van der Waals surface area contributed by atoms with Crippen molar-refractivity contribution in [1.82, 2.24) is 4.98 Å². The van der Waals surface area contributed by atoms with Crippen molar-refractivity contribution in [3.8, 4) is 0 Å². The Bertz CT molecular complexity index is 529. The number of anilines is 1. The predicted molar refractivity (Wildman–Crippen MR) is 74.5 cm³/mol. The third kappa shape index (κ3) is 3.77. The lowest BCUT2D eigenvalue weighted by Gasteiger charge is -2.30. The summed E-state index contributed by atoms with van der Waals surface area (Å²) < 4.78 is 38.4. The SMILES string of the molecule is CC(C)C(C)N(C)c1nc(C(F)(F)F)ccc1C(N)=NO. The van der Waals surface area contributed by atoms with E-state index in [1.54, 1.807) is 11.9 Å². The number of hydrogen-bond acceptors (Lipinski definition) is 4. The summed E-state index contributed by atoms with van der Waals surface area (Å²) in [6.45, 7) is 5.75. The van der Waals surface area contributed by atoms with Gasteiger partial charge in [0.1, 0.15) is 11.5 Å². The molecule has 21 heavy (non-hydrogen) atoms. The molecule has 0 spiro atoms. The molecule has 1 heterocycles. The van der Waals surface area contributed by atoms with Gasteiger partial charge in [-0.05, 0) is 25.0 Å². The second-order valence-electron chi connectivity index (χ2n) is 5.15. The molecule has 0 amide bonds. The van der Waals surface area contributed by atoms with Crippen LogP contribution in [0, 0.1) is 5.92 Å². The molecule has 5 nitrogen and oxygen atoms in total. The summed E-state index contributed by atoms with van der Waals surface area (Å²) in [6, 6.07) is 1.89. The average molecular weight is 304 g/mol. The number of aromatic nitrogens is 1. The molecule has 0 aromatic carbocycles. The first-order valence-corrected chi connectivity index (χ1v) is 6.38. The van der Waals surface area contributed by atoms with Crippen LogP contribution >= 0.6 is 0 Å². The fraction of sp³-hybridized carbons (Fsp3) is 0.538. The Hall–Kier alpha value is -1.99. The summed E-state index contributed by atoms with van der Waals surface area (Å²) in [5.74, 6) is -0.0677. The Morgan fingerprint density at radius 2 is 1.90 bits per heavy atom. The van der Waals surface area contributed by atoms with Crippen molar-refractivity contribution < 1.29 is 18.4 Å². The van der Waals surface area contributed by atoms with Crippen molar-refractivity contribution in [2.75, 3.05) is 11.9 Å². The summed E-state index contributed by atoms with van der Waals surface area (Å²) >= 11 is 0. The highest BCUT2D eigenvalue weighted by Crippen LogP contribution is 2.31. The minimum atomic E-state index is -4.56. The number of halogens is 3. The summed E-state index contributed by atoms with van der Waals surface area (Å²) in [4.78, 5) is 5.24. The zero-order chi connectivity index (χ0) is 16.4. The molecule has 0 saturated carbocycles. The molecule has 1 unspecified atom stereocenters. The van der Waals surface area contributed by atoms with Crippen LogP contribution in [0.2, 0.25) is 0 Å². The fourth-order valence-corrected chi connectivity index (χ4v) is 1.77. The van der Waals surface area contributed by atoms with Crippen LogP contribution in [0.25, 0.3) is 0 Å². The molecule has 0 aliphatic carbocycles. The summed E-state index contributed by atoms with van der Waals surface area (Å²) in [5.41, 5.74) is 4.65. The monoisotopic (exact) mass is 304 g/mol. The van der Waals surface area contributed by atoms with Crippen LogP contribution in [0.3, 0.4) is 0 Å². The molecular weight excluding hydrogens is 285 g/mol. The Morgan fingerprint density at radius 1 is 1.33 bits per heavy atom. The molecule has 1 atom stereocenters. The summed E-state index contributed by atoms with van der Waals surface area (Å²) in [7, 11) is 1.63. The molecule has 3 N–H and O–H groups in total. The number of alkyl halides is 3. The van der Waals surface area contributed by atoms with E-state index in [-0.39, 0.29) is 29.2 Å². The van der Waals surface area contributed by atoms with Crippen molar-refractivity contribution >= 4 is 11.7 Å². The molecule has 0 bridgehead atoms. The van der Waals surface area contributed by atoms with Crippen molar-refractivity contribution in [3.63, 3.8) is 0 Å². The third-order valence-corrected chi connectivity index (χ3v) is 3.46. The van der Waals surface area contributed by atoms with E-state index in [1.165, 1.54) is 0 Å².